The molecule has 0 aliphatic carbocycles. The van der Waals surface area contributed by atoms with E-state index in [0.29, 0.717) is 5.69 Å². The van der Waals surface area contributed by atoms with E-state index < -0.39 is 22.3 Å². The lowest BCUT2D eigenvalue weighted by Crippen LogP contribution is -2.25. The Hall–Kier alpha value is -4.70. The molecule has 1 aromatic carbocycles. The normalized spacial score (nSPS) is 11.2. The van der Waals surface area contributed by atoms with Crippen molar-refractivity contribution < 1.29 is 18.8 Å². The monoisotopic (exact) mass is 524 g/mol. The summed E-state index contributed by atoms with van der Waals surface area (Å²) in [5.41, 5.74) is -0.818. The van der Waals surface area contributed by atoms with Crippen molar-refractivity contribution in [3.63, 3.8) is 0 Å². The summed E-state index contributed by atoms with van der Waals surface area (Å²) in [7, 11) is 0. The first-order valence-corrected chi connectivity index (χ1v) is 11.0. The van der Waals surface area contributed by atoms with E-state index in [1.165, 1.54) is 18.6 Å². The minimum absolute atomic E-state index is 0.0398. The van der Waals surface area contributed by atoms with Crippen LogP contribution in [0, 0.1) is 27.3 Å². The Bertz CT molecular complexity index is 1590. The molecule has 0 amide bonds. The molecule has 0 saturated heterocycles. The maximum atomic E-state index is 14.6. The van der Waals surface area contributed by atoms with Crippen molar-refractivity contribution in [2.24, 2.45) is 0 Å². The third-order valence-electron chi connectivity index (χ3n) is 4.83. The van der Waals surface area contributed by atoms with Gasteiger partial charge in [-0.05, 0) is 20.8 Å². The molecule has 37 heavy (non-hydrogen) atoms. The zero-order valence-corrected chi connectivity index (χ0v) is 20.4. The SMILES string of the molecule is CC(C)(C)OC(=O)Cc1cc(Nc2ncc(F)c3nn(-c4c(Cl)cc([N+](=O)[O-])cc4C#N)cc23)ncn1. The standard InChI is InChI=1S/C23H18ClFN8O4/c1-23(2,3)37-19(34)6-13-5-18(29-11-28-13)30-22-15-10-32(31-20(15)17(25)9-27-22)21-12(8-26)4-14(33(35)36)7-16(21)24/h4-5,7,9-11H,6H2,1-3H3,(H,27,28,29,30). The van der Waals surface area contributed by atoms with Crippen molar-refractivity contribution in [3.05, 3.63) is 69.1 Å². The second-order valence-corrected chi connectivity index (χ2v) is 9.17. The smallest absolute Gasteiger partial charge is 0.312 e. The average Bonchev–Trinajstić information content (AvgIpc) is 3.25. The van der Waals surface area contributed by atoms with E-state index in [2.05, 4.69) is 25.4 Å². The number of nitrogens with one attached hydrogen (secondary N) is 1. The number of fused-ring (bicyclic) bond motifs is 1. The van der Waals surface area contributed by atoms with Gasteiger partial charge in [0.2, 0.25) is 0 Å². The van der Waals surface area contributed by atoms with Crippen molar-refractivity contribution >= 4 is 45.8 Å². The molecule has 14 heteroatoms. The molecule has 0 aliphatic heterocycles. The van der Waals surface area contributed by atoms with Crippen molar-refractivity contribution in [2.75, 3.05) is 5.32 Å². The number of nitriles is 1. The first-order chi connectivity index (χ1) is 17.4. The summed E-state index contributed by atoms with van der Waals surface area (Å²) < 4.78 is 21.1. The largest absolute Gasteiger partial charge is 0.460 e. The molecule has 0 radical (unpaired) electrons. The minimum Gasteiger partial charge on any atom is -0.460 e. The molecule has 0 bridgehead atoms. The number of benzene rings is 1. The van der Waals surface area contributed by atoms with Crippen LogP contribution in [0.1, 0.15) is 32.0 Å². The van der Waals surface area contributed by atoms with Crippen molar-refractivity contribution in [1.82, 2.24) is 24.7 Å². The second-order valence-electron chi connectivity index (χ2n) is 8.77. The van der Waals surface area contributed by atoms with Crippen LogP contribution in [0.15, 0.2) is 36.9 Å². The van der Waals surface area contributed by atoms with Gasteiger partial charge in [0.25, 0.3) is 5.69 Å². The van der Waals surface area contributed by atoms with Gasteiger partial charge in [-0.2, -0.15) is 10.4 Å². The van der Waals surface area contributed by atoms with E-state index in [1.54, 1.807) is 20.8 Å². The van der Waals surface area contributed by atoms with E-state index in [-0.39, 0.29) is 50.9 Å². The predicted molar refractivity (Wildman–Crippen MR) is 130 cm³/mol. The number of rotatable bonds is 6. The molecular formula is C23H18ClFN8O4. The third kappa shape index (κ3) is 5.60. The molecule has 188 valence electrons. The van der Waals surface area contributed by atoms with Gasteiger partial charge in [-0.15, -0.1) is 0 Å². The summed E-state index contributed by atoms with van der Waals surface area (Å²) in [6, 6.07) is 5.49. The number of hydrogen-bond donors (Lipinski definition) is 1. The molecule has 4 rings (SSSR count). The van der Waals surface area contributed by atoms with Gasteiger partial charge < -0.3 is 10.1 Å². The number of carbonyl (C=O) groups is 1. The number of anilines is 2. The highest BCUT2D eigenvalue weighted by molar-refractivity contribution is 6.32. The number of ether oxygens (including phenoxy) is 1. The molecule has 3 heterocycles. The summed E-state index contributed by atoms with van der Waals surface area (Å²) in [5, 5.41) is 27.9. The maximum absolute atomic E-state index is 14.6. The molecule has 0 spiro atoms. The Balaban J connectivity index is 1.70. The van der Waals surface area contributed by atoms with Crippen LogP contribution < -0.4 is 5.32 Å². The number of non-ortho nitro benzene ring substituents is 1. The fraction of sp³-hybridized carbons (Fsp3) is 0.217. The van der Waals surface area contributed by atoms with Gasteiger partial charge in [-0.3, -0.25) is 14.9 Å². The fourth-order valence-electron chi connectivity index (χ4n) is 3.41. The molecule has 4 aromatic rings. The number of nitrogens with zero attached hydrogens (tertiary/aromatic N) is 7. The number of hydrogen-bond acceptors (Lipinski definition) is 10. The zero-order valence-electron chi connectivity index (χ0n) is 19.7. The van der Waals surface area contributed by atoms with Gasteiger partial charge in [0.05, 0.1) is 39.2 Å². The van der Waals surface area contributed by atoms with Gasteiger partial charge >= 0.3 is 5.97 Å². The van der Waals surface area contributed by atoms with Crippen LogP contribution in [-0.4, -0.2) is 41.2 Å². The summed E-state index contributed by atoms with van der Waals surface area (Å²) in [6.45, 7) is 5.27. The highest BCUT2D eigenvalue weighted by Crippen LogP contribution is 2.32. The van der Waals surface area contributed by atoms with Crippen LogP contribution in [0.2, 0.25) is 5.02 Å². The molecule has 1 N–H and O–H groups in total. The lowest BCUT2D eigenvalue weighted by Gasteiger charge is -2.19. The molecule has 0 saturated carbocycles. The van der Waals surface area contributed by atoms with Gasteiger partial charge in [0, 0.05) is 24.4 Å². The molecular weight excluding hydrogens is 507 g/mol. The molecule has 3 aromatic heterocycles. The number of pyridine rings is 1. The summed E-state index contributed by atoms with van der Waals surface area (Å²) in [4.78, 5) is 34.9. The van der Waals surface area contributed by atoms with Crippen LogP contribution in [0.5, 0.6) is 0 Å². The number of nitro groups is 1. The highest BCUT2D eigenvalue weighted by Gasteiger charge is 2.21. The lowest BCUT2D eigenvalue weighted by atomic mass is 10.1. The Morgan fingerprint density at radius 2 is 2.05 bits per heavy atom. The first kappa shape index (κ1) is 25.4. The average molecular weight is 525 g/mol. The molecule has 0 aliphatic rings. The minimum atomic E-state index is -0.746. The van der Waals surface area contributed by atoms with Crippen LogP contribution in [-0.2, 0) is 16.0 Å². The van der Waals surface area contributed by atoms with E-state index in [0.717, 1.165) is 23.0 Å². The molecule has 0 atom stereocenters. The number of aromatic nitrogens is 5. The van der Waals surface area contributed by atoms with Gasteiger partial charge in [-0.1, -0.05) is 11.6 Å². The number of halogens is 2. The summed E-state index contributed by atoms with van der Waals surface area (Å²) in [6.07, 6.45) is 3.49. The van der Waals surface area contributed by atoms with Crippen LogP contribution in [0.4, 0.5) is 21.7 Å². The van der Waals surface area contributed by atoms with Crippen LogP contribution in [0.25, 0.3) is 16.6 Å². The lowest BCUT2D eigenvalue weighted by molar-refractivity contribution is -0.384. The first-order valence-electron chi connectivity index (χ1n) is 10.7. The number of nitro benzene ring substituents is 1. The van der Waals surface area contributed by atoms with E-state index in [1.807, 2.05) is 6.07 Å². The second kappa shape index (κ2) is 9.75. The number of carbonyl (C=O) groups excluding carboxylic acids is 1. The topological polar surface area (TPSA) is 162 Å². The Labute approximate surface area is 213 Å². The van der Waals surface area contributed by atoms with E-state index >= 15 is 0 Å². The predicted octanol–water partition coefficient (Wildman–Crippen LogP) is 4.41. The van der Waals surface area contributed by atoms with Crippen molar-refractivity contribution in [1.29, 1.82) is 5.26 Å². The molecule has 12 nitrogen and oxygen atoms in total. The van der Waals surface area contributed by atoms with Crippen LogP contribution >= 0.6 is 11.6 Å². The maximum Gasteiger partial charge on any atom is 0.312 e. The summed E-state index contributed by atoms with van der Waals surface area (Å²) in [5.74, 6) is -0.771. The molecule has 0 unspecified atom stereocenters. The van der Waals surface area contributed by atoms with Crippen molar-refractivity contribution in [3.8, 4) is 11.8 Å². The Kier molecular flexibility index (Phi) is 6.69. The summed E-state index contributed by atoms with van der Waals surface area (Å²) >= 11 is 6.23. The fourth-order valence-corrected chi connectivity index (χ4v) is 3.71. The van der Waals surface area contributed by atoms with Gasteiger partial charge in [0.1, 0.15) is 40.8 Å². The number of esters is 1. The quantitative estimate of drug-likeness (QED) is 0.217. The Morgan fingerprint density at radius 3 is 2.73 bits per heavy atom. The third-order valence-corrected chi connectivity index (χ3v) is 5.11. The van der Waals surface area contributed by atoms with Gasteiger partial charge in [-0.25, -0.2) is 24.0 Å². The highest BCUT2D eigenvalue weighted by atomic mass is 35.5. The zero-order chi connectivity index (χ0) is 26.9. The Morgan fingerprint density at radius 1 is 1.30 bits per heavy atom. The van der Waals surface area contributed by atoms with Gasteiger partial charge in [0.15, 0.2) is 5.82 Å². The van der Waals surface area contributed by atoms with E-state index in [4.69, 9.17) is 16.3 Å². The van der Waals surface area contributed by atoms with Crippen LogP contribution in [0.3, 0.4) is 0 Å². The van der Waals surface area contributed by atoms with E-state index in [9.17, 15) is 24.6 Å². The molecule has 0 fully saturated rings. The van der Waals surface area contributed by atoms with Crippen molar-refractivity contribution in [2.45, 2.75) is 32.8 Å².